The summed E-state index contributed by atoms with van der Waals surface area (Å²) in [5.41, 5.74) is -0.581. The molecule has 0 spiro atoms. The molecule has 1 aliphatic heterocycles. The number of nitro benzene ring substituents is 1. The minimum atomic E-state index is -4.01. The maximum Gasteiger partial charge on any atom is 0.407 e. The van der Waals surface area contributed by atoms with Crippen molar-refractivity contribution in [3.63, 3.8) is 0 Å². The molecule has 0 aromatic heterocycles. The van der Waals surface area contributed by atoms with Crippen LogP contribution in [-0.4, -0.2) is 62.7 Å². The molecule has 1 heterocycles. The first-order valence-electron chi connectivity index (χ1n) is 10.1. The molecule has 0 unspecified atom stereocenters. The fourth-order valence-corrected chi connectivity index (χ4v) is 3.82. The van der Waals surface area contributed by atoms with E-state index in [2.05, 4.69) is 15.5 Å². The lowest BCUT2D eigenvalue weighted by Gasteiger charge is -2.32. The highest BCUT2D eigenvalue weighted by molar-refractivity contribution is 7.89. The summed E-state index contributed by atoms with van der Waals surface area (Å²) in [5, 5.41) is 22.2. The van der Waals surface area contributed by atoms with Crippen molar-refractivity contribution in [2.24, 2.45) is 11.1 Å². The van der Waals surface area contributed by atoms with E-state index in [4.69, 9.17) is 9.88 Å². The molecule has 2 rings (SSSR count). The van der Waals surface area contributed by atoms with Crippen LogP contribution in [0.5, 0.6) is 0 Å². The van der Waals surface area contributed by atoms with Gasteiger partial charge in [-0.1, -0.05) is 0 Å². The van der Waals surface area contributed by atoms with Crippen LogP contribution in [0.3, 0.4) is 0 Å². The molecule has 0 aliphatic carbocycles. The average Bonchev–Trinajstić information content (AvgIpc) is 2.65. The smallest absolute Gasteiger partial charge is 0.407 e. The number of nitrogens with zero attached hydrogens (tertiary/aromatic N) is 2. The molecule has 4 N–H and O–H groups in total. The van der Waals surface area contributed by atoms with Gasteiger partial charge in [0.15, 0.2) is 0 Å². The molecule has 0 bridgehead atoms. The summed E-state index contributed by atoms with van der Waals surface area (Å²) in [6.07, 6.45) is 1.38. The number of piperidine rings is 1. The highest BCUT2D eigenvalue weighted by Gasteiger charge is 2.22. The van der Waals surface area contributed by atoms with Gasteiger partial charge in [0, 0.05) is 25.7 Å². The molecule has 1 amide bonds. The van der Waals surface area contributed by atoms with Crippen LogP contribution in [0.15, 0.2) is 23.1 Å². The summed E-state index contributed by atoms with van der Waals surface area (Å²) in [5.74, 6) is 0.326. The molecular weight excluding hydrogens is 426 g/mol. The van der Waals surface area contributed by atoms with Crippen LogP contribution in [-0.2, 0) is 14.8 Å². The monoisotopic (exact) mass is 457 g/mol. The maximum atomic E-state index is 11.7. The van der Waals surface area contributed by atoms with Crippen molar-refractivity contribution in [2.75, 3.05) is 38.0 Å². The minimum absolute atomic E-state index is 0.265. The number of alkyl carbamates (subject to hydrolysis) is 1. The number of amides is 1. The van der Waals surface area contributed by atoms with Gasteiger partial charge in [-0.3, -0.25) is 10.1 Å². The predicted octanol–water partition coefficient (Wildman–Crippen LogP) is 1.89. The van der Waals surface area contributed by atoms with Gasteiger partial charge in [-0.15, -0.1) is 0 Å². The van der Waals surface area contributed by atoms with Crippen molar-refractivity contribution >= 4 is 27.5 Å². The van der Waals surface area contributed by atoms with Crippen LogP contribution in [0.25, 0.3) is 0 Å². The lowest BCUT2D eigenvalue weighted by Crippen LogP contribution is -2.41. The summed E-state index contributed by atoms with van der Waals surface area (Å²) in [6, 6.07) is 3.60. The van der Waals surface area contributed by atoms with E-state index < -0.39 is 26.6 Å². The third-order valence-corrected chi connectivity index (χ3v) is 5.79. The van der Waals surface area contributed by atoms with E-state index in [0.717, 1.165) is 38.5 Å². The number of anilines is 1. The molecule has 1 saturated heterocycles. The second-order valence-electron chi connectivity index (χ2n) is 8.58. The van der Waals surface area contributed by atoms with E-state index in [1.807, 2.05) is 20.8 Å². The first-order valence-corrected chi connectivity index (χ1v) is 11.6. The number of nitrogens with one attached hydrogen (secondary N) is 2. The number of ether oxygens (including phenoxy) is 1. The van der Waals surface area contributed by atoms with Crippen LogP contribution in [0.4, 0.5) is 16.2 Å². The number of sulfonamides is 1. The average molecular weight is 458 g/mol. The maximum absolute atomic E-state index is 11.7. The van der Waals surface area contributed by atoms with Crippen molar-refractivity contribution in [2.45, 2.75) is 44.1 Å². The van der Waals surface area contributed by atoms with Crippen molar-refractivity contribution in [1.82, 2.24) is 10.2 Å². The number of carbonyl (C=O) groups excluding carboxylic acids is 1. The Morgan fingerprint density at radius 2 is 1.97 bits per heavy atom. The summed E-state index contributed by atoms with van der Waals surface area (Å²) in [6.45, 7) is 8.92. The third-order valence-electron chi connectivity index (χ3n) is 4.88. The van der Waals surface area contributed by atoms with Gasteiger partial charge in [0.1, 0.15) is 11.3 Å². The number of carbonyl (C=O) groups is 1. The van der Waals surface area contributed by atoms with Crippen LogP contribution < -0.4 is 15.8 Å². The van der Waals surface area contributed by atoms with Crippen LogP contribution in [0.1, 0.15) is 33.6 Å². The first kappa shape index (κ1) is 24.8. The van der Waals surface area contributed by atoms with E-state index >= 15 is 0 Å². The number of nitrogens with two attached hydrogens (primary N) is 1. The molecule has 31 heavy (non-hydrogen) atoms. The van der Waals surface area contributed by atoms with Gasteiger partial charge >= 0.3 is 6.09 Å². The van der Waals surface area contributed by atoms with E-state index in [-0.39, 0.29) is 16.3 Å². The predicted molar refractivity (Wildman–Crippen MR) is 116 cm³/mol. The van der Waals surface area contributed by atoms with Crippen molar-refractivity contribution in [3.8, 4) is 0 Å². The lowest BCUT2D eigenvalue weighted by molar-refractivity contribution is -0.384. The topological polar surface area (TPSA) is 157 Å². The third kappa shape index (κ3) is 8.31. The Bertz CT molecular complexity index is 892. The van der Waals surface area contributed by atoms with Gasteiger partial charge in [0.25, 0.3) is 5.69 Å². The zero-order valence-corrected chi connectivity index (χ0v) is 18.9. The van der Waals surface area contributed by atoms with E-state index in [1.165, 1.54) is 12.1 Å². The first-order chi connectivity index (χ1) is 14.3. The normalized spacial score (nSPS) is 16.0. The molecule has 1 aromatic carbocycles. The zero-order chi connectivity index (χ0) is 23.2. The lowest BCUT2D eigenvalue weighted by atomic mass is 9.96. The molecule has 1 aliphatic rings. The van der Waals surface area contributed by atoms with Crippen LogP contribution >= 0.6 is 0 Å². The van der Waals surface area contributed by atoms with Crippen LogP contribution in [0.2, 0.25) is 0 Å². The number of benzene rings is 1. The van der Waals surface area contributed by atoms with Gasteiger partial charge in [-0.05, 0) is 64.8 Å². The number of rotatable bonds is 8. The Morgan fingerprint density at radius 3 is 2.52 bits per heavy atom. The number of likely N-dealkylation sites (tertiary alicyclic amines) is 1. The van der Waals surface area contributed by atoms with Crippen LogP contribution in [0, 0.1) is 16.0 Å². The van der Waals surface area contributed by atoms with E-state index in [0.29, 0.717) is 19.0 Å². The molecule has 11 nitrogen and oxygen atoms in total. The van der Waals surface area contributed by atoms with E-state index in [1.54, 1.807) is 0 Å². The van der Waals surface area contributed by atoms with Gasteiger partial charge in [-0.25, -0.2) is 18.4 Å². The number of hydrogen-bond acceptors (Lipinski definition) is 8. The largest absolute Gasteiger partial charge is 0.444 e. The summed E-state index contributed by atoms with van der Waals surface area (Å²) in [7, 11) is -4.01. The van der Waals surface area contributed by atoms with Gasteiger partial charge in [-0.2, -0.15) is 0 Å². The molecule has 174 valence electrons. The molecule has 12 heteroatoms. The molecule has 0 radical (unpaired) electrons. The second-order valence-corrected chi connectivity index (χ2v) is 10.1. The Kier molecular flexibility index (Phi) is 8.21. The molecule has 1 fully saturated rings. The Balaban J connectivity index is 1.78. The molecule has 0 saturated carbocycles. The standard InChI is InChI=1S/C19H31N5O6S/c1-19(2,3)30-18(25)21-8-11-23-9-6-14(7-10-23)13-22-16-5-4-15(31(20,28)29)12-17(16)24(26)27/h4-5,12,14,22H,6-11,13H2,1-3H3,(H,21,25)(H2,20,28,29). The summed E-state index contributed by atoms with van der Waals surface area (Å²) < 4.78 is 28.1. The fourth-order valence-electron chi connectivity index (χ4n) is 3.29. The Hall–Kier alpha value is -2.44. The molecular formula is C19H31N5O6S. The van der Waals surface area contributed by atoms with Crippen molar-refractivity contribution < 1.29 is 22.9 Å². The summed E-state index contributed by atoms with van der Waals surface area (Å²) in [4.78, 5) is 24.3. The second kappa shape index (κ2) is 10.2. The molecule has 1 aromatic rings. The Morgan fingerprint density at radius 1 is 1.32 bits per heavy atom. The highest BCUT2D eigenvalue weighted by atomic mass is 32.2. The van der Waals surface area contributed by atoms with Gasteiger partial charge < -0.3 is 20.3 Å². The van der Waals surface area contributed by atoms with Crippen molar-refractivity contribution in [3.05, 3.63) is 28.3 Å². The van der Waals surface area contributed by atoms with Gasteiger partial charge in [0.2, 0.25) is 10.0 Å². The highest BCUT2D eigenvalue weighted by Crippen LogP contribution is 2.28. The van der Waals surface area contributed by atoms with E-state index in [9.17, 15) is 23.3 Å². The zero-order valence-electron chi connectivity index (χ0n) is 18.1. The number of hydrogen-bond donors (Lipinski definition) is 3. The summed E-state index contributed by atoms with van der Waals surface area (Å²) >= 11 is 0. The minimum Gasteiger partial charge on any atom is -0.444 e. The molecule has 0 atom stereocenters. The Labute approximate surface area is 182 Å². The number of primary sulfonamides is 1. The fraction of sp³-hybridized carbons (Fsp3) is 0.632. The van der Waals surface area contributed by atoms with Gasteiger partial charge in [0.05, 0.1) is 9.82 Å². The quantitative estimate of drug-likeness (QED) is 0.394. The SMILES string of the molecule is CC(C)(C)OC(=O)NCCN1CCC(CNc2ccc(S(N)(=O)=O)cc2[N+](=O)[O-])CC1. The number of nitro groups is 1. The van der Waals surface area contributed by atoms with Crippen molar-refractivity contribution in [1.29, 1.82) is 0 Å².